The smallest absolute Gasteiger partial charge is 0.135 e. The van der Waals surface area contributed by atoms with Crippen LogP contribution in [0.2, 0.25) is 0 Å². The number of phenolic OH excluding ortho intramolecular Hbond substituents is 1. The van der Waals surface area contributed by atoms with Crippen molar-refractivity contribution < 1.29 is 9.52 Å². The largest absolute Gasteiger partial charge is 0.508 e. The molecule has 2 rings (SSSR count). The predicted octanol–water partition coefficient (Wildman–Crippen LogP) is 5.06. The molecule has 2 nitrogen and oxygen atoms in total. The fourth-order valence-corrected chi connectivity index (χ4v) is 1.71. The molecule has 18 heavy (non-hydrogen) atoms. The van der Waals surface area contributed by atoms with Gasteiger partial charge in [-0.15, -0.1) is 0 Å². The van der Waals surface area contributed by atoms with Gasteiger partial charge in [-0.25, -0.2) is 0 Å². The van der Waals surface area contributed by atoms with E-state index in [1.165, 1.54) is 0 Å². The summed E-state index contributed by atoms with van der Waals surface area (Å²) in [6, 6.07) is 3.44. The second kappa shape index (κ2) is 6.70. The van der Waals surface area contributed by atoms with Gasteiger partial charge in [0.1, 0.15) is 11.3 Å². The monoisotopic (exact) mass is 244 g/mol. The average molecular weight is 244 g/mol. The Labute approximate surface area is 108 Å². The lowest BCUT2D eigenvalue weighted by atomic mass is 10.1. The molecule has 0 atom stereocenters. The molecule has 0 spiro atoms. The van der Waals surface area contributed by atoms with Gasteiger partial charge in [-0.2, -0.15) is 0 Å². The summed E-state index contributed by atoms with van der Waals surface area (Å²) in [5, 5.41) is 10.6. The molecule has 0 unspecified atom stereocenters. The molecule has 2 aromatic rings. The van der Waals surface area contributed by atoms with Gasteiger partial charge in [0, 0.05) is 16.5 Å². The van der Waals surface area contributed by atoms with Crippen LogP contribution in [0.4, 0.5) is 0 Å². The van der Waals surface area contributed by atoms with Crippen LogP contribution >= 0.6 is 0 Å². The molecule has 0 aliphatic carbocycles. The van der Waals surface area contributed by atoms with Gasteiger partial charge >= 0.3 is 0 Å². The standard InChI is InChI=1S/C14H14O2.C2H6/c1-3-4-5-6-11-9-16-13-8-7-12(15)10(2)14(11)13;1-2/h3-9,15H,1-2H3;1-2H3/b4-3-,6-5-;. The number of hydrogen-bond donors (Lipinski definition) is 1. The Hall–Kier alpha value is -1.96. The maximum atomic E-state index is 9.65. The maximum Gasteiger partial charge on any atom is 0.135 e. The van der Waals surface area contributed by atoms with Gasteiger partial charge in [-0.05, 0) is 26.0 Å². The number of phenols is 1. The van der Waals surface area contributed by atoms with E-state index < -0.39 is 0 Å². The van der Waals surface area contributed by atoms with E-state index in [1.807, 2.05) is 52.0 Å². The Morgan fingerprint density at radius 2 is 1.89 bits per heavy atom. The Morgan fingerprint density at radius 1 is 1.17 bits per heavy atom. The molecular formula is C16H20O2. The fraction of sp³-hybridized carbons (Fsp3) is 0.250. The van der Waals surface area contributed by atoms with E-state index in [-0.39, 0.29) is 0 Å². The summed E-state index contributed by atoms with van der Waals surface area (Å²) in [6.07, 6.45) is 9.54. The lowest BCUT2D eigenvalue weighted by Gasteiger charge is -1.99. The number of allylic oxidation sites excluding steroid dienone is 3. The summed E-state index contributed by atoms with van der Waals surface area (Å²) in [5.41, 5.74) is 2.64. The van der Waals surface area contributed by atoms with Crippen molar-refractivity contribution in [1.82, 2.24) is 0 Å². The number of rotatable bonds is 2. The van der Waals surface area contributed by atoms with Crippen molar-refractivity contribution >= 4 is 17.0 Å². The van der Waals surface area contributed by atoms with Gasteiger partial charge < -0.3 is 9.52 Å². The molecule has 0 radical (unpaired) electrons. The van der Waals surface area contributed by atoms with Crippen LogP contribution in [-0.2, 0) is 0 Å². The zero-order valence-corrected chi connectivity index (χ0v) is 11.4. The van der Waals surface area contributed by atoms with E-state index in [4.69, 9.17) is 4.42 Å². The molecule has 0 fully saturated rings. The average Bonchev–Trinajstić information content (AvgIpc) is 2.81. The number of hydrogen-bond acceptors (Lipinski definition) is 2. The topological polar surface area (TPSA) is 33.4 Å². The third-order valence-electron chi connectivity index (χ3n) is 2.58. The molecule has 0 aliphatic rings. The predicted molar refractivity (Wildman–Crippen MR) is 77.8 cm³/mol. The first kappa shape index (κ1) is 14.1. The minimum atomic E-state index is 0.301. The lowest BCUT2D eigenvalue weighted by Crippen LogP contribution is -1.77. The third kappa shape index (κ3) is 2.83. The van der Waals surface area contributed by atoms with Gasteiger partial charge in [0.15, 0.2) is 0 Å². The highest BCUT2D eigenvalue weighted by atomic mass is 16.3. The van der Waals surface area contributed by atoms with Gasteiger partial charge in [0.2, 0.25) is 0 Å². The minimum absolute atomic E-state index is 0.301. The number of fused-ring (bicyclic) bond motifs is 1. The second-order valence-electron chi connectivity index (χ2n) is 3.66. The van der Waals surface area contributed by atoms with Crippen molar-refractivity contribution in [3.63, 3.8) is 0 Å². The first-order valence-corrected chi connectivity index (χ1v) is 6.23. The van der Waals surface area contributed by atoms with Gasteiger partial charge in [0.25, 0.3) is 0 Å². The van der Waals surface area contributed by atoms with Crippen LogP contribution in [0.5, 0.6) is 5.75 Å². The van der Waals surface area contributed by atoms with Crippen molar-refractivity contribution in [1.29, 1.82) is 0 Å². The summed E-state index contributed by atoms with van der Waals surface area (Å²) < 4.78 is 5.43. The van der Waals surface area contributed by atoms with Crippen LogP contribution in [0, 0.1) is 6.92 Å². The van der Waals surface area contributed by atoms with E-state index >= 15 is 0 Å². The van der Waals surface area contributed by atoms with Crippen LogP contribution in [-0.4, -0.2) is 5.11 Å². The zero-order chi connectivity index (χ0) is 13.5. The molecule has 2 heteroatoms. The zero-order valence-electron chi connectivity index (χ0n) is 11.4. The fourth-order valence-electron chi connectivity index (χ4n) is 1.71. The molecule has 0 aliphatic heterocycles. The molecule has 1 aromatic heterocycles. The van der Waals surface area contributed by atoms with Crippen LogP contribution < -0.4 is 0 Å². The van der Waals surface area contributed by atoms with Gasteiger partial charge in [0.05, 0.1) is 6.26 Å². The number of benzene rings is 1. The van der Waals surface area contributed by atoms with Crippen molar-refractivity contribution in [2.75, 3.05) is 0 Å². The highest BCUT2D eigenvalue weighted by Crippen LogP contribution is 2.31. The van der Waals surface area contributed by atoms with Crippen LogP contribution in [0.25, 0.3) is 17.0 Å². The van der Waals surface area contributed by atoms with E-state index in [0.717, 1.165) is 22.1 Å². The van der Waals surface area contributed by atoms with Crippen molar-refractivity contribution in [2.24, 2.45) is 0 Å². The molecule has 1 heterocycles. The Kier molecular flexibility index (Phi) is 5.25. The summed E-state index contributed by atoms with van der Waals surface area (Å²) in [4.78, 5) is 0. The highest BCUT2D eigenvalue weighted by Gasteiger charge is 2.08. The van der Waals surface area contributed by atoms with Gasteiger partial charge in [-0.3, -0.25) is 0 Å². The number of aryl methyl sites for hydroxylation is 1. The Morgan fingerprint density at radius 3 is 2.56 bits per heavy atom. The molecule has 0 bridgehead atoms. The highest BCUT2D eigenvalue weighted by molar-refractivity contribution is 5.91. The third-order valence-corrected chi connectivity index (χ3v) is 2.58. The van der Waals surface area contributed by atoms with E-state index in [0.29, 0.717) is 5.75 Å². The van der Waals surface area contributed by atoms with Crippen molar-refractivity contribution in [3.8, 4) is 5.75 Å². The SMILES string of the molecule is C/C=C\C=C/c1coc2ccc(O)c(C)c12.CC. The molecule has 0 saturated heterocycles. The maximum absolute atomic E-state index is 9.65. The minimum Gasteiger partial charge on any atom is -0.508 e. The van der Waals surface area contributed by atoms with E-state index in [9.17, 15) is 5.11 Å². The van der Waals surface area contributed by atoms with Crippen LogP contribution in [0.15, 0.2) is 41.0 Å². The Balaban J connectivity index is 0.000000771. The molecule has 1 aromatic carbocycles. The Bertz CT molecular complexity index is 560. The summed E-state index contributed by atoms with van der Waals surface area (Å²) in [7, 11) is 0. The number of furan rings is 1. The van der Waals surface area contributed by atoms with E-state index in [1.54, 1.807) is 18.4 Å². The lowest BCUT2D eigenvalue weighted by molar-refractivity contribution is 0.472. The van der Waals surface area contributed by atoms with Crippen LogP contribution in [0.3, 0.4) is 0 Å². The van der Waals surface area contributed by atoms with Crippen LogP contribution in [0.1, 0.15) is 31.9 Å². The molecule has 0 amide bonds. The van der Waals surface area contributed by atoms with E-state index in [2.05, 4.69) is 0 Å². The van der Waals surface area contributed by atoms with Gasteiger partial charge in [-0.1, -0.05) is 38.2 Å². The quantitative estimate of drug-likeness (QED) is 0.749. The normalized spacial score (nSPS) is 11.1. The summed E-state index contributed by atoms with van der Waals surface area (Å²) >= 11 is 0. The molecule has 1 N–H and O–H groups in total. The first-order valence-electron chi connectivity index (χ1n) is 6.23. The summed E-state index contributed by atoms with van der Waals surface area (Å²) in [5.74, 6) is 0.301. The molecule has 96 valence electrons. The first-order chi connectivity index (χ1) is 8.74. The van der Waals surface area contributed by atoms with Crippen molar-refractivity contribution in [3.05, 3.63) is 47.8 Å². The number of aromatic hydroxyl groups is 1. The second-order valence-corrected chi connectivity index (χ2v) is 3.66. The molecular weight excluding hydrogens is 224 g/mol. The van der Waals surface area contributed by atoms with Crippen molar-refractivity contribution in [2.45, 2.75) is 27.7 Å². The molecule has 0 saturated carbocycles. The summed E-state index contributed by atoms with van der Waals surface area (Å²) in [6.45, 7) is 7.86.